The molecule has 0 spiro atoms. The molecular weight excluding hydrogens is 238 g/mol. The Bertz CT molecular complexity index is 246. The standard InChI is InChI=1S/C12H23NO3S/c1-12(11(14)15,13-10-4-5-10)6-9-17-8-3-7-16-2/h10,13H,3-9H2,1-2H3,(H,14,15). The van der Waals surface area contributed by atoms with Crippen LogP contribution in [0, 0.1) is 0 Å². The first-order valence-electron chi connectivity index (χ1n) is 6.16. The number of rotatable bonds is 10. The minimum atomic E-state index is -0.755. The smallest absolute Gasteiger partial charge is 0.323 e. The molecule has 17 heavy (non-hydrogen) atoms. The molecule has 1 saturated carbocycles. The molecule has 0 amide bonds. The minimum absolute atomic E-state index is 0.426. The lowest BCUT2D eigenvalue weighted by molar-refractivity contribution is -0.144. The van der Waals surface area contributed by atoms with Crippen LogP contribution in [0.1, 0.15) is 32.6 Å². The largest absolute Gasteiger partial charge is 0.480 e. The van der Waals surface area contributed by atoms with E-state index in [0.717, 1.165) is 37.4 Å². The number of nitrogens with one attached hydrogen (secondary N) is 1. The fourth-order valence-corrected chi connectivity index (χ4v) is 2.68. The topological polar surface area (TPSA) is 58.6 Å². The summed E-state index contributed by atoms with van der Waals surface area (Å²) < 4.78 is 4.97. The molecule has 0 aromatic heterocycles. The van der Waals surface area contributed by atoms with Crippen LogP contribution in [-0.4, -0.2) is 47.9 Å². The molecule has 1 aliphatic carbocycles. The zero-order chi connectivity index (χ0) is 12.7. The first-order chi connectivity index (χ1) is 8.08. The van der Waals surface area contributed by atoms with Crippen molar-refractivity contribution in [2.75, 3.05) is 25.2 Å². The number of hydrogen-bond donors (Lipinski definition) is 2. The zero-order valence-corrected chi connectivity index (χ0v) is 11.5. The summed E-state index contributed by atoms with van der Waals surface area (Å²) in [5.74, 6) is 1.18. The van der Waals surface area contributed by atoms with Crippen LogP contribution >= 0.6 is 11.8 Å². The van der Waals surface area contributed by atoms with Crippen LogP contribution in [0.15, 0.2) is 0 Å². The highest BCUT2D eigenvalue weighted by atomic mass is 32.2. The molecule has 1 rings (SSSR count). The molecule has 0 aliphatic heterocycles. The van der Waals surface area contributed by atoms with Gasteiger partial charge in [0.2, 0.25) is 0 Å². The van der Waals surface area contributed by atoms with E-state index in [1.165, 1.54) is 0 Å². The van der Waals surface area contributed by atoms with Crippen molar-refractivity contribution in [3.05, 3.63) is 0 Å². The van der Waals surface area contributed by atoms with Crippen molar-refractivity contribution in [3.63, 3.8) is 0 Å². The number of ether oxygens (including phenoxy) is 1. The van der Waals surface area contributed by atoms with Gasteiger partial charge in [0.15, 0.2) is 0 Å². The second kappa shape index (κ2) is 7.24. The average molecular weight is 261 g/mol. The van der Waals surface area contributed by atoms with Crippen LogP contribution in [0.3, 0.4) is 0 Å². The van der Waals surface area contributed by atoms with E-state index < -0.39 is 11.5 Å². The van der Waals surface area contributed by atoms with Gasteiger partial charge in [0.1, 0.15) is 5.54 Å². The highest BCUT2D eigenvalue weighted by Gasteiger charge is 2.37. The third kappa shape index (κ3) is 5.75. The SMILES string of the molecule is COCCCSCCC(C)(NC1CC1)C(=O)O. The van der Waals surface area contributed by atoms with Gasteiger partial charge in [0.25, 0.3) is 0 Å². The molecule has 1 aliphatic rings. The minimum Gasteiger partial charge on any atom is -0.480 e. The molecule has 0 radical (unpaired) electrons. The van der Waals surface area contributed by atoms with Gasteiger partial charge in [0, 0.05) is 19.8 Å². The quantitative estimate of drug-likeness (QED) is 0.587. The predicted octanol–water partition coefficient (Wildman–Crippen LogP) is 1.74. The van der Waals surface area contributed by atoms with E-state index in [-0.39, 0.29) is 0 Å². The van der Waals surface area contributed by atoms with E-state index in [9.17, 15) is 9.90 Å². The molecule has 5 heteroatoms. The lowest BCUT2D eigenvalue weighted by atomic mass is 9.99. The molecule has 2 N–H and O–H groups in total. The van der Waals surface area contributed by atoms with Gasteiger partial charge >= 0.3 is 5.97 Å². The zero-order valence-electron chi connectivity index (χ0n) is 10.7. The Hall–Kier alpha value is -0.260. The van der Waals surface area contributed by atoms with Crippen LogP contribution in [0.4, 0.5) is 0 Å². The number of methoxy groups -OCH3 is 1. The third-order valence-corrected chi connectivity index (χ3v) is 4.03. The number of carbonyl (C=O) groups is 1. The summed E-state index contributed by atoms with van der Waals surface area (Å²) in [5, 5.41) is 12.5. The van der Waals surface area contributed by atoms with E-state index in [1.807, 2.05) is 0 Å². The summed E-state index contributed by atoms with van der Waals surface area (Å²) in [6, 6.07) is 0.426. The Labute approximate surface area is 107 Å². The van der Waals surface area contributed by atoms with Gasteiger partial charge in [-0.05, 0) is 44.1 Å². The van der Waals surface area contributed by atoms with Crippen LogP contribution in [0.2, 0.25) is 0 Å². The maximum Gasteiger partial charge on any atom is 0.323 e. The normalized spacial score (nSPS) is 18.9. The highest BCUT2D eigenvalue weighted by Crippen LogP contribution is 2.25. The molecule has 1 unspecified atom stereocenters. The molecule has 0 aromatic carbocycles. The summed E-state index contributed by atoms with van der Waals surface area (Å²) in [7, 11) is 1.70. The molecule has 1 atom stereocenters. The van der Waals surface area contributed by atoms with Gasteiger partial charge < -0.3 is 9.84 Å². The molecule has 1 fully saturated rings. The molecule has 4 nitrogen and oxygen atoms in total. The second-order valence-corrected chi connectivity index (χ2v) is 5.99. The van der Waals surface area contributed by atoms with Crippen LogP contribution < -0.4 is 5.32 Å². The fourth-order valence-electron chi connectivity index (χ4n) is 1.60. The van der Waals surface area contributed by atoms with Gasteiger partial charge in [-0.15, -0.1) is 0 Å². The van der Waals surface area contributed by atoms with Gasteiger partial charge in [-0.1, -0.05) is 0 Å². The Morgan fingerprint density at radius 3 is 2.76 bits per heavy atom. The highest BCUT2D eigenvalue weighted by molar-refractivity contribution is 7.99. The second-order valence-electron chi connectivity index (χ2n) is 4.76. The summed E-state index contributed by atoms with van der Waals surface area (Å²) in [6.07, 6.45) is 3.94. The van der Waals surface area contributed by atoms with Gasteiger partial charge in [-0.25, -0.2) is 0 Å². The first-order valence-corrected chi connectivity index (χ1v) is 7.32. The maximum atomic E-state index is 11.3. The number of carboxylic acid groups (broad SMARTS) is 1. The van der Waals surface area contributed by atoms with Gasteiger partial charge in [-0.3, -0.25) is 10.1 Å². The Morgan fingerprint density at radius 1 is 1.53 bits per heavy atom. The summed E-state index contributed by atoms with van der Waals surface area (Å²) in [5.41, 5.74) is -0.755. The number of aliphatic carboxylic acids is 1. The van der Waals surface area contributed by atoms with Crippen molar-refractivity contribution in [2.45, 2.75) is 44.2 Å². The fraction of sp³-hybridized carbons (Fsp3) is 0.917. The molecule has 0 bridgehead atoms. The molecule has 0 aromatic rings. The first kappa shape index (κ1) is 14.8. The third-order valence-electron chi connectivity index (χ3n) is 2.96. The van der Waals surface area contributed by atoms with Crippen LogP contribution in [0.5, 0.6) is 0 Å². The molecule has 100 valence electrons. The van der Waals surface area contributed by atoms with E-state index in [2.05, 4.69) is 5.32 Å². The van der Waals surface area contributed by atoms with Crippen molar-refractivity contribution in [2.24, 2.45) is 0 Å². The average Bonchev–Trinajstić information content (AvgIpc) is 3.07. The Kier molecular flexibility index (Phi) is 6.30. The van der Waals surface area contributed by atoms with E-state index in [4.69, 9.17) is 4.74 Å². The Balaban J connectivity index is 2.17. The van der Waals surface area contributed by atoms with Crippen LogP contribution in [0.25, 0.3) is 0 Å². The lowest BCUT2D eigenvalue weighted by Crippen LogP contribution is -2.51. The summed E-state index contributed by atoms with van der Waals surface area (Å²) in [6.45, 7) is 2.58. The Morgan fingerprint density at radius 2 is 2.24 bits per heavy atom. The lowest BCUT2D eigenvalue weighted by Gasteiger charge is -2.26. The van der Waals surface area contributed by atoms with Crippen LogP contribution in [-0.2, 0) is 9.53 Å². The van der Waals surface area contributed by atoms with Crippen molar-refractivity contribution < 1.29 is 14.6 Å². The van der Waals surface area contributed by atoms with E-state index in [0.29, 0.717) is 12.5 Å². The summed E-state index contributed by atoms with van der Waals surface area (Å²) in [4.78, 5) is 11.3. The number of hydrogen-bond acceptors (Lipinski definition) is 4. The van der Waals surface area contributed by atoms with Crippen molar-refractivity contribution in [1.82, 2.24) is 5.32 Å². The number of carboxylic acids is 1. The van der Waals surface area contributed by atoms with Gasteiger partial charge in [0.05, 0.1) is 0 Å². The molecular formula is C12H23NO3S. The summed E-state index contributed by atoms with van der Waals surface area (Å²) >= 11 is 1.80. The molecule has 0 saturated heterocycles. The van der Waals surface area contributed by atoms with Gasteiger partial charge in [-0.2, -0.15) is 11.8 Å². The van der Waals surface area contributed by atoms with E-state index >= 15 is 0 Å². The van der Waals surface area contributed by atoms with Crippen molar-refractivity contribution in [1.29, 1.82) is 0 Å². The maximum absolute atomic E-state index is 11.3. The predicted molar refractivity (Wildman–Crippen MR) is 70.6 cm³/mol. The van der Waals surface area contributed by atoms with Crippen molar-refractivity contribution in [3.8, 4) is 0 Å². The van der Waals surface area contributed by atoms with E-state index in [1.54, 1.807) is 25.8 Å². The van der Waals surface area contributed by atoms with Crippen molar-refractivity contribution >= 4 is 17.7 Å². The number of thioether (sulfide) groups is 1. The monoisotopic (exact) mass is 261 g/mol. The molecule has 0 heterocycles.